The van der Waals surface area contributed by atoms with Gasteiger partial charge in [0.2, 0.25) is 11.8 Å². The van der Waals surface area contributed by atoms with Crippen LogP contribution in [0.25, 0.3) is 0 Å². The smallest absolute Gasteiger partial charge is 0.264 e. The summed E-state index contributed by atoms with van der Waals surface area (Å²) in [4.78, 5) is 28.0. The zero-order chi connectivity index (χ0) is 27.2. The molecule has 3 aromatic carbocycles. The van der Waals surface area contributed by atoms with Crippen LogP contribution in [0, 0.1) is 13.8 Å². The van der Waals surface area contributed by atoms with Gasteiger partial charge in [-0.05, 0) is 69.2 Å². The van der Waals surface area contributed by atoms with E-state index in [1.54, 1.807) is 51.1 Å². The second kappa shape index (κ2) is 12.3. The SMILES string of the molecule is CCNC(=O)C(C)N(Cc1ccccc1)C(=O)CN(c1ccc(Cl)cc1C)S(=O)(=O)c1ccc(C)cc1. The average molecular weight is 542 g/mol. The molecule has 9 heteroatoms. The number of hydrogen-bond donors (Lipinski definition) is 1. The second-order valence-corrected chi connectivity index (χ2v) is 11.1. The minimum Gasteiger partial charge on any atom is -0.355 e. The normalized spacial score (nSPS) is 12.0. The molecular formula is C28H32ClN3O4S. The molecule has 37 heavy (non-hydrogen) atoms. The maximum Gasteiger partial charge on any atom is 0.264 e. The summed E-state index contributed by atoms with van der Waals surface area (Å²) in [5.41, 5.74) is 2.67. The number of nitrogens with zero attached hydrogens (tertiary/aromatic N) is 2. The Balaban J connectivity index is 2.05. The van der Waals surface area contributed by atoms with Crippen LogP contribution in [-0.2, 0) is 26.2 Å². The highest BCUT2D eigenvalue weighted by Crippen LogP contribution is 2.29. The second-order valence-electron chi connectivity index (χ2n) is 8.83. The van der Waals surface area contributed by atoms with E-state index in [2.05, 4.69) is 5.32 Å². The number of halogens is 1. The molecule has 0 aliphatic carbocycles. The minimum absolute atomic E-state index is 0.0617. The highest BCUT2D eigenvalue weighted by Gasteiger charge is 2.33. The lowest BCUT2D eigenvalue weighted by molar-refractivity contribution is -0.139. The number of benzene rings is 3. The fourth-order valence-corrected chi connectivity index (χ4v) is 5.64. The van der Waals surface area contributed by atoms with Gasteiger partial charge in [-0.15, -0.1) is 0 Å². The molecule has 1 atom stereocenters. The first-order valence-corrected chi connectivity index (χ1v) is 13.8. The Bertz CT molecular complexity index is 1350. The van der Waals surface area contributed by atoms with Crippen molar-refractivity contribution in [2.45, 2.75) is 45.2 Å². The van der Waals surface area contributed by atoms with E-state index < -0.39 is 28.5 Å². The van der Waals surface area contributed by atoms with Gasteiger partial charge in [-0.3, -0.25) is 13.9 Å². The predicted octanol–water partition coefficient (Wildman–Crippen LogP) is 4.71. The first-order chi connectivity index (χ1) is 17.5. The summed E-state index contributed by atoms with van der Waals surface area (Å²) in [6.45, 7) is 7.11. The van der Waals surface area contributed by atoms with E-state index in [1.165, 1.54) is 17.0 Å². The molecule has 3 rings (SSSR count). The van der Waals surface area contributed by atoms with Crippen LogP contribution in [0.3, 0.4) is 0 Å². The molecule has 3 aromatic rings. The van der Waals surface area contributed by atoms with Crippen molar-refractivity contribution in [1.29, 1.82) is 0 Å². The molecule has 0 saturated carbocycles. The van der Waals surface area contributed by atoms with Gasteiger partial charge in [0.1, 0.15) is 12.6 Å². The van der Waals surface area contributed by atoms with Crippen LogP contribution in [0.5, 0.6) is 0 Å². The number of rotatable bonds is 10. The van der Waals surface area contributed by atoms with Crippen LogP contribution in [0.15, 0.2) is 77.7 Å². The lowest BCUT2D eigenvalue weighted by Crippen LogP contribution is -2.51. The summed E-state index contributed by atoms with van der Waals surface area (Å²) in [7, 11) is -4.12. The molecule has 0 saturated heterocycles. The van der Waals surface area contributed by atoms with Gasteiger partial charge in [0.25, 0.3) is 10.0 Å². The van der Waals surface area contributed by atoms with E-state index >= 15 is 0 Å². The van der Waals surface area contributed by atoms with Crippen molar-refractivity contribution in [2.75, 3.05) is 17.4 Å². The van der Waals surface area contributed by atoms with Gasteiger partial charge in [0, 0.05) is 18.1 Å². The van der Waals surface area contributed by atoms with E-state index in [9.17, 15) is 18.0 Å². The molecule has 0 heterocycles. The molecule has 0 bridgehead atoms. The number of anilines is 1. The fourth-order valence-electron chi connectivity index (χ4n) is 3.93. The number of aryl methyl sites for hydroxylation is 2. The van der Waals surface area contributed by atoms with Crippen molar-refractivity contribution in [1.82, 2.24) is 10.2 Å². The molecule has 0 aliphatic rings. The summed E-state index contributed by atoms with van der Waals surface area (Å²) >= 11 is 6.14. The van der Waals surface area contributed by atoms with E-state index in [0.717, 1.165) is 15.4 Å². The molecule has 0 spiro atoms. The van der Waals surface area contributed by atoms with Crippen LogP contribution < -0.4 is 9.62 Å². The van der Waals surface area contributed by atoms with Gasteiger partial charge in [-0.1, -0.05) is 59.6 Å². The first-order valence-electron chi connectivity index (χ1n) is 12.0. The zero-order valence-electron chi connectivity index (χ0n) is 21.4. The standard InChI is InChI=1S/C28H32ClN3O4S/c1-5-30-28(34)22(4)31(18-23-9-7-6-8-10-23)27(33)19-32(26-16-13-24(29)17-21(26)3)37(35,36)25-14-11-20(2)12-15-25/h6-17,22H,5,18-19H2,1-4H3,(H,30,34). The number of likely N-dealkylation sites (N-methyl/N-ethyl adjacent to an activating group) is 1. The number of carbonyl (C=O) groups excluding carboxylic acids is 2. The molecule has 7 nitrogen and oxygen atoms in total. The molecule has 0 aliphatic heterocycles. The van der Waals surface area contributed by atoms with Crippen molar-refractivity contribution in [3.8, 4) is 0 Å². The summed E-state index contributed by atoms with van der Waals surface area (Å²) in [6.07, 6.45) is 0. The number of hydrogen-bond acceptors (Lipinski definition) is 4. The topological polar surface area (TPSA) is 86.8 Å². The quantitative estimate of drug-likeness (QED) is 0.403. The molecule has 0 aromatic heterocycles. The molecular weight excluding hydrogens is 510 g/mol. The lowest BCUT2D eigenvalue weighted by atomic mass is 10.1. The van der Waals surface area contributed by atoms with Crippen molar-refractivity contribution in [3.05, 3.63) is 94.5 Å². The van der Waals surface area contributed by atoms with E-state index in [0.29, 0.717) is 22.8 Å². The highest BCUT2D eigenvalue weighted by atomic mass is 35.5. The van der Waals surface area contributed by atoms with Crippen LogP contribution >= 0.6 is 11.6 Å². The lowest BCUT2D eigenvalue weighted by Gasteiger charge is -2.32. The van der Waals surface area contributed by atoms with Gasteiger partial charge in [-0.25, -0.2) is 8.42 Å². The minimum atomic E-state index is -4.12. The van der Waals surface area contributed by atoms with E-state index in [4.69, 9.17) is 11.6 Å². The van der Waals surface area contributed by atoms with Crippen LogP contribution in [-0.4, -0.2) is 44.3 Å². The number of carbonyl (C=O) groups is 2. The Morgan fingerprint density at radius 1 is 0.973 bits per heavy atom. The summed E-state index contributed by atoms with van der Waals surface area (Å²) in [6, 6.07) is 19.7. The van der Waals surface area contributed by atoms with Crippen molar-refractivity contribution >= 4 is 39.1 Å². The monoisotopic (exact) mass is 541 g/mol. The van der Waals surface area contributed by atoms with Crippen molar-refractivity contribution in [2.24, 2.45) is 0 Å². The van der Waals surface area contributed by atoms with Gasteiger partial charge < -0.3 is 10.2 Å². The van der Waals surface area contributed by atoms with Crippen LogP contribution in [0.1, 0.15) is 30.5 Å². The van der Waals surface area contributed by atoms with Crippen LogP contribution in [0.4, 0.5) is 5.69 Å². The summed E-state index contributed by atoms with van der Waals surface area (Å²) in [5, 5.41) is 3.20. The Kier molecular flexibility index (Phi) is 9.34. The Labute approximate surface area is 224 Å². The summed E-state index contributed by atoms with van der Waals surface area (Å²) in [5.74, 6) is -0.824. The Morgan fingerprint density at radius 2 is 1.62 bits per heavy atom. The molecule has 1 unspecified atom stereocenters. The maximum atomic E-state index is 13.8. The third kappa shape index (κ3) is 6.90. The molecule has 2 amide bonds. The van der Waals surface area contributed by atoms with Gasteiger partial charge in [-0.2, -0.15) is 0 Å². The summed E-state index contributed by atoms with van der Waals surface area (Å²) < 4.78 is 28.8. The van der Waals surface area contributed by atoms with Gasteiger partial charge >= 0.3 is 0 Å². The van der Waals surface area contributed by atoms with Gasteiger partial charge in [0.15, 0.2) is 0 Å². The third-order valence-electron chi connectivity index (χ3n) is 6.03. The van der Waals surface area contributed by atoms with Crippen molar-refractivity contribution in [3.63, 3.8) is 0 Å². The van der Waals surface area contributed by atoms with Gasteiger partial charge in [0.05, 0.1) is 10.6 Å². The molecule has 196 valence electrons. The van der Waals surface area contributed by atoms with Crippen LogP contribution in [0.2, 0.25) is 5.02 Å². The Hall–Kier alpha value is -3.36. The molecule has 1 N–H and O–H groups in total. The fraction of sp³-hybridized carbons (Fsp3) is 0.286. The average Bonchev–Trinajstić information content (AvgIpc) is 2.86. The van der Waals surface area contributed by atoms with Crippen molar-refractivity contribution < 1.29 is 18.0 Å². The van der Waals surface area contributed by atoms with E-state index in [1.807, 2.05) is 37.3 Å². The third-order valence-corrected chi connectivity index (χ3v) is 8.04. The number of sulfonamides is 1. The Morgan fingerprint density at radius 3 is 2.22 bits per heavy atom. The first kappa shape index (κ1) is 28.2. The maximum absolute atomic E-state index is 13.8. The zero-order valence-corrected chi connectivity index (χ0v) is 23.0. The largest absolute Gasteiger partial charge is 0.355 e. The number of nitrogens with one attached hydrogen (secondary N) is 1. The van der Waals surface area contributed by atoms with E-state index in [-0.39, 0.29) is 17.3 Å². The highest BCUT2D eigenvalue weighted by molar-refractivity contribution is 7.92. The molecule has 0 fully saturated rings. The molecule has 0 radical (unpaired) electrons. The predicted molar refractivity (Wildman–Crippen MR) is 147 cm³/mol. The number of amides is 2.